The number of anilines is 1. The first kappa shape index (κ1) is 13.9. The topological polar surface area (TPSA) is 102 Å². The third kappa shape index (κ3) is 2.75. The zero-order chi connectivity index (χ0) is 14.8. The highest BCUT2D eigenvalue weighted by Crippen LogP contribution is 2.25. The Morgan fingerprint density at radius 3 is 2.60 bits per heavy atom. The lowest BCUT2D eigenvalue weighted by Crippen LogP contribution is -2.15. The summed E-state index contributed by atoms with van der Waals surface area (Å²) in [6, 6.07) is 6.67. The summed E-state index contributed by atoms with van der Waals surface area (Å²) in [6.07, 6.45) is 2.93. The van der Waals surface area contributed by atoms with Gasteiger partial charge in [0, 0.05) is 18.5 Å². The van der Waals surface area contributed by atoms with Crippen LogP contribution < -0.4 is 4.72 Å². The van der Waals surface area contributed by atoms with Crippen molar-refractivity contribution in [2.45, 2.75) is 11.8 Å². The Hall–Kier alpha value is -2.48. The van der Waals surface area contributed by atoms with Crippen molar-refractivity contribution in [3.8, 4) is 0 Å². The normalized spacial score (nSPS) is 11.1. The molecule has 104 valence electrons. The van der Waals surface area contributed by atoms with E-state index in [9.17, 15) is 18.5 Å². The van der Waals surface area contributed by atoms with Crippen molar-refractivity contribution < 1.29 is 13.3 Å². The van der Waals surface area contributed by atoms with E-state index in [1.54, 1.807) is 6.92 Å². The first-order valence-corrected chi connectivity index (χ1v) is 7.07. The summed E-state index contributed by atoms with van der Waals surface area (Å²) in [6.45, 7) is 1.68. The fraction of sp³-hybridized carbons (Fsp3) is 0.0833. The van der Waals surface area contributed by atoms with Gasteiger partial charge < -0.3 is 0 Å². The lowest BCUT2D eigenvalue weighted by Gasteiger charge is -2.10. The van der Waals surface area contributed by atoms with Gasteiger partial charge in [0.25, 0.3) is 15.7 Å². The van der Waals surface area contributed by atoms with Crippen LogP contribution in [0.1, 0.15) is 5.56 Å². The van der Waals surface area contributed by atoms with E-state index in [0.717, 1.165) is 6.07 Å². The molecule has 1 heterocycles. The van der Waals surface area contributed by atoms with Crippen molar-refractivity contribution in [2.75, 3.05) is 4.72 Å². The van der Waals surface area contributed by atoms with Crippen LogP contribution >= 0.6 is 0 Å². The third-order valence-corrected chi connectivity index (χ3v) is 4.03. The first-order valence-electron chi connectivity index (χ1n) is 5.58. The molecular weight excluding hydrogens is 282 g/mol. The molecule has 1 aromatic heterocycles. The van der Waals surface area contributed by atoms with Crippen LogP contribution in [0.4, 0.5) is 11.4 Å². The predicted octanol–water partition coefficient (Wildman–Crippen LogP) is 2.10. The number of nitrogens with zero attached hydrogens (tertiary/aromatic N) is 2. The molecule has 0 saturated carbocycles. The highest BCUT2D eigenvalue weighted by Gasteiger charge is 2.25. The molecule has 2 aromatic rings. The summed E-state index contributed by atoms with van der Waals surface area (Å²) < 4.78 is 26.8. The summed E-state index contributed by atoms with van der Waals surface area (Å²) in [5.41, 5.74) is 0.486. The standard InChI is InChI=1S/C12H11N3O4S/c1-9-8-13-7-6-10(9)14-20(18,19)12-5-3-2-4-11(12)15(16)17/h2-8H,1H3,(H,13,14). The van der Waals surface area contributed by atoms with E-state index < -0.39 is 20.6 Å². The zero-order valence-corrected chi connectivity index (χ0v) is 11.3. The number of aryl methyl sites for hydroxylation is 1. The molecule has 0 amide bonds. The minimum Gasteiger partial charge on any atom is -0.279 e. The van der Waals surface area contributed by atoms with Gasteiger partial charge >= 0.3 is 0 Å². The number of rotatable bonds is 4. The Balaban J connectivity index is 2.47. The maximum absolute atomic E-state index is 12.2. The SMILES string of the molecule is Cc1cnccc1NS(=O)(=O)c1ccccc1[N+](=O)[O-]. The number of hydrogen-bond donors (Lipinski definition) is 1. The molecule has 1 aromatic carbocycles. The van der Waals surface area contributed by atoms with E-state index in [-0.39, 0.29) is 4.90 Å². The average molecular weight is 293 g/mol. The molecular formula is C12H11N3O4S. The number of nitro benzene ring substituents is 1. The third-order valence-electron chi connectivity index (χ3n) is 2.62. The van der Waals surface area contributed by atoms with Gasteiger partial charge in [-0.05, 0) is 24.6 Å². The van der Waals surface area contributed by atoms with Crippen molar-refractivity contribution >= 4 is 21.4 Å². The highest BCUT2D eigenvalue weighted by atomic mass is 32.2. The Kier molecular flexibility index (Phi) is 3.66. The van der Waals surface area contributed by atoms with Gasteiger partial charge in [-0.1, -0.05) is 12.1 Å². The molecule has 8 heteroatoms. The summed E-state index contributed by atoms with van der Waals surface area (Å²) in [5.74, 6) is 0. The fourth-order valence-corrected chi connectivity index (χ4v) is 2.93. The van der Waals surface area contributed by atoms with Gasteiger partial charge in [-0.25, -0.2) is 8.42 Å². The molecule has 0 atom stereocenters. The highest BCUT2D eigenvalue weighted by molar-refractivity contribution is 7.92. The van der Waals surface area contributed by atoms with E-state index >= 15 is 0 Å². The Morgan fingerprint density at radius 1 is 1.25 bits per heavy atom. The molecule has 0 bridgehead atoms. The minimum absolute atomic E-state index is 0.332. The second-order valence-electron chi connectivity index (χ2n) is 4.02. The van der Waals surface area contributed by atoms with E-state index in [1.807, 2.05) is 0 Å². The average Bonchev–Trinajstić information content (AvgIpc) is 2.41. The molecule has 2 rings (SSSR count). The van der Waals surface area contributed by atoms with Gasteiger partial charge in [-0.3, -0.25) is 19.8 Å². The number of pyridine rings is 1. The predicted molar refractivity (Wildman–Crippen MR) is 72.9 cm³/mol. The minimum atomic E-state index is -4.03. The first-order chi connectivity index (χ1) is 9.42. The lowest BCUT2D eigenvalue weighted by atomic mass is 10.3. The van der Waals surface area contributed by atoms with E-state index in [4.69, 9.17) is 0 Å². The van der Waals surface area contributed by atoms with Crippen LogP contribution in [0.25, 0.3) is 0 Å². The molecule has 0 radical (unpaired) electrons. The number of benzene rings is 1. The molecule has 7 nitrogen and oxygen atoms in total. The molecule has 1 N–H and O–H groups in total. The number of aromatic nitrogens is 1. The van der Waals surface area contributed by atoms with Crippen LogP contribution in [0.3, 0.4) is 0 Å². The van der Waals surface area contributed by atoms with Crippen LogP contribution in [0.5, 0.6) is 0 Å². The molecule has 0 fully saturated rings. The molecule has 0 aliphatic rings. The summed E-state index contributed by atoms with van der Waals surface area (Å²) in [7, 11) is -4.03. The molecule has 0 aliphatic carbocycles. The van der Waals surface area contributed by atoms with Gasteiger partial charge in [-0.2, -0.15) is 0 Å². The van der Waals surface area contributed by atoms with Crippen LogP contribution in [-0.4, -0.2) is 18.3 Å². The van der Waals surface area contributed by atoms with E-state index in [2.05, 4.69) is 9.71 Å². The number of hydrogen-bond acceptors (Lipinski definition) is 5. The Morgan fingerprint density at radius 2 is 1.95 bits per heavy atom. The van der Waals surface area contributed by atoms with Crippen molar-refractivity contribution in [3.63, 3.8) is 0 Å². The largest absolute Gasteiger partial charge is 0.289 e. The summed E-state index contributed by atoms with van der Waals surface area (Å²) in [4.78, 5) is 13.6. The molecule has 0 spiro atoms. The zero-order valence-electron chi connectivity index (χ0n) is 10.5. The second-order valence-corrected chi connectivity index (χ2v) is 5.67. The van der Waals surface area contributed by atoms with Crippen molar-refractivity contribution in [1.29, 1.82) is 0 Å². The van der Waals surface area contributed by atoms with E-state index in [0.29, 0.717) is 11.3 Å². The van der Waals surface area contributed by atoms with Crippen LogP contribution in [0.2, 0.25) is 0 Å². The number of nitrogens with one attached hydrogen (secondary N) is 1. The smallest absolute Gasteiger partial charge is 0.279 e. The number of sulfonamides is 1. The monoisotopic (exact) mass is 293 g/mol. The molecule has 0 saturated heterocycles. The second kappa shape index (κ2) is 5.25. The van der Waals surface area contributed by atoms with Gasteiger partial charge in [0.1, 0.15) is 0 Å². The van der Waals surface area contributed by atoms with Crippen LogP contribution in [0.15, 0.2) is 47.6 Å². The van der Waals surface area contributed by atoms with Gasteiger partial charge in [-0.15, -0.1) is 0 Å². The Labute approximate surface area is 115 Å². The number of para-hydroxylation sites is 1. The summed E-state index contributed by atoms with van der Waals surface area (Å²) in [5, 5.41) is 10.9. The van der Waals surface area contributed by atoms with Crippen molar-refractivity contribution in [2.24, 2.45) is 0 Å². The Bertz CT molecular complexity index is 759. The summed E-state index contributed by atoms with van der Waals surface area (Å²) >= 11 is 0. The lowest BCUT2D eigenvalue weighted by molar-refractivity contribution is -0.387. The van der Waals surface area contributed by atoms with Crippen LogP contribution in [-0.2, 0) is 10.0 Å². The maximum atomic E-state index is 12.2. The number of nitro groups is 1. The fourth-order valence-electron chi connectivity index (χ4n) is 1.62. The van der Waals surface area contributed by atoms with Gasteiger partial charge in [0.05, 0.1) is 10.6 Å². The van der Waals surface area contributed by atoms with Gasteiger partial charge in [0.2, 0.25) is 0 Å². The van der Waals surface area contributed by atoms with Crippen molar-refractivity contribution in [1.82, 2.24) is 4.98 Å². The van der Waals surface area contributed by atoms with E-state index in [1.165, 1.54) is 36.7 Å². The molecule has 20 heavy (non-hydrogen) atoms. The van der Waals surface area contributed by atoms with Crippen molar-refractivity contribution in [3.05, 3.63) is 58.4 Å². The molecule has 0 aliphatic heterocycles. The quantitative estimate of drug-likeness (QED) is 0.687. The maximum Gasteiger partial charge on any atom is 0.289 e. The van der Waals surface area contributed by atoms with Gasteiger partial charge in [0.15, 0.2) is 4.90 Å². The molecule has 0 unspecified atom stereocenters. The van der Waals surface area contributed by atoms with Crippen LogP contribution in [0, 0.1) is 17.0 Å².